The van der Waals surface area contributed by atoms with Crippen molar-refractivity contribution in [3.63, 3.8) is 0 Å². The molecule has 6 heteroatoms. The van der Waals surface area contributed by atoms with Crippen LogP contribution in [-0.4, -0.2) is 23.6 Å². The number of hydrogen-bond acceptors (Lipinski definition) is 5. The lowest BCUT2D eigenvalue weighted by Gasteiger charge is -2.19. The predicted molar refractivity (Wildman–Crippen MR) is 73.5 cm³/mol. The molecule has 0 radical (unpaired) electrons. The van der Waals surface area contributed by atoms with Crippen LogP contribution >= 0.6 is 0 Å². The van der Waals surface area contributed by atoms with Gasteiger partial charge in [-0.2, -0.15) is 0 Å². The second kappa shape index (κ2) is 5.88. The maximum absolute atomic E-state index is 10.9. The Morgan fingerprint density at radius 3 is 2.89 bits per heavy atom. The first-order valence-electron chi connectivity index (χ1n) is 6.55. The van der Waals surface area contributed by atoms with Gasteiger partial charge in [-0.15, -0.1) is 0 Å². The lowest BCUT2D eigenvalue weighted by molar-refractivity contribution is -0.385. The Hall–Kier alpha value is -1.82. The second-order valence-electron chi connectivity index (χ2n) is 4.72. The average molecular weight is 265 g/mol. The third-order valence-electron chi connectivity index (χ3n) is 3.38. The molecule has 0 amide bonds. The van der Waals surface area contributed by atoms with Crippen molar-refractivity contribution in [3.05, 3.63) is 28.3 Å². The van der Waals surface area contributed by atoms with Gasteiger partial charge in [0.05, 0.1) is 11.5 Å². The molecular weight excluding hydrogens is 246 g/mol. The fourth-order valence-corrected chi connectivity index (χ4v) is 2.41. The highest BCUT2D eigenvalue weighted by Gasteiger charge is 2.24. The molecular formula is C13H19N3O3. The summed E-state index contributed by atoms with van der Waals surface area (Å²) in [5.41, 5.74) is 6.80. The Labute approximate surface area is 112 Å². The number of hydrogen-bond donors (Lipinski definition) is 2. The summed E-state index contributed by atoms with van der Waals surface area (Å²) in [5, 5.41) is 14.2. The molecule has 3 N–H and O–H groups in total. The molecule has 104 valence electrons. The van der Waals surface area contributed by atoms with Gasteiger partial charge < -0.3 is 15.8 Å². The van der Waals surface area contributed by atoms with Crippen LogP contribution in [0.5, 0.6) is 5.75 Å². The highest BCUT2D eigenvalue weighted by molar-refractivity contribution is 5.58. The van der Waals surface area contributed by atoms with Crippen LogP contribution in [-0.2, 0) is 0 Å². The van der Waals surface area contributed by atoms with Crippen LogP contribution < -0.4 is 15.8 Å². The summed E-state index contributed by atoms with van der Waals surface area (Å²) in [7, 11) is 0. The van der Waals surface area contributed by atoms with Gasteiger partial charge in [0.1, 0.15) is 0 Å². The van der Waals surface area contributed by atoms with Gasteiger partial charge in [-0.25, -0.2) is 0 Å². The van der Waals surface area contributed by atoms with Crippen LogP contribution in [0.4, 0.5) is 11.4 Å². The minimum atomic E-state index is -0.434. The van der Waals surface area contributed by atoms with E-state index in [1.165, 1.54) is 6.07 Å². The Balaban J connectivity index is 2.17. The molecule has 0 saturated heterocycles. The topological polar surface area (TPSA) is 90.4 Å². The molecule has 0 aliphatic heterocycles. The van der Waals surface area contributed by atoms with Gasteiger partial charge in [0, 0.05) is 29.9 Å². The second-order valence-corrected chi connectivity index (χ2v) is 4.72. The Kier molecular flexibility index (Phi) is 4.21. The first kappa shape index (κ1) is 13.6. The number of rotatable bonds is 5. The van der Waals surface area contributed by atoms with Crippen molar-refractivity contribution in [2.45, 2.75) is 38.3 Å². The monoisotopic (exact) mass is 265 g/mol. The molecule has 1 fully saturated rings. The molecule has 0 aromatic heterocycles. The maximum Gasteiger partial charge on any atom is 0.311 e. The predicted octanol–water partition coefficient (Wildman–Crippen LogP) is 2.29. The molecule has 1 aromatic carbocycles. The lowest BCUT2D eigenvalue weighted by atomic mass is 10.1. The third-order valence-corrected chi connectivity index (χ3v) is 3.38. The summed E-state index contributed by atoms with van der Waals surface area (Å²) in [5.74, 6) is 0.295. The van der Waals surface area contributed by atoms with Gasteiger partial charge in [-0.05, 0) is 32.3 Å². The summed E-state index contributed by atoms with van der Waals surface area (Å²) < 4.78 is 5.32. The number of nitrogens with one attached hydrogen (secondary N) is 1. The van der Waals surface area contributed by atoms with Crippen LogP contribution in [0.2, 0.25) is 0 Å². The van der Waals surface area contributed by atoms with E-state index < -0.39 is 4.92 Å². The minimum absolute atomic E-state index is 0.0110. The Morgan fingerprint density at radius 1 is 1.53 bits per heavy atom. The number of ether oxygens (including phenoxy) is 1. The van der Waals surface area contributed by atoms with Gasteiger partial charge in [-0.3, -0.25) is 10.1 Å². The summed E-state index contributed by atoms with van der Waals surface area (Å²) in [4.78, 5) is 10.5. The molecule has 1 saturated carbocycles. The number of nitro groups is 1. The zero-order valence-corrected chi connectivity index (χ0v) is 11.0. The van der Waals surface area contributed by atoms with Crippen molar-refractivity contribution in [2.24, 2.45) is 5.73 Å². The molecule has 1 aromatic rings. The molecule has 0 heterocycles. The van der Waals surface area contributed by atoms with Crippen molar-refractivity contribution in [1.29, 1.82) is 0 Å². The number of benzene rings is 1. The average Bonchev–Trinajstić information content (AvgIpc) is 2.75. The smallest absolute Gasteiger partial charge is 0.311 e. The Morgan fingerprint density at radius 2 is 2.32 bits per heavy atom. The summed E-state index contributed by atoms with van der Waals surface area (Å²) in [6.45, 7) is 2.20. The van der Waals surface area contributed by atoms with Gasteiger partial charge in [0.25, 0.3) is 0 Å². The summed E-state index contributed by atoms with van der Waals surface area (Å²) in [6.07, 6.45) is 3.16. The van der Waals surface area contributed by atoms with Crippen LogP contribution in [0, 0.1) is 10.1 Å². The molecule has 1 aliphatic carbocycles. The first-order chi connectivity index (χ1) is 9.11. The molecule has 1 aliphatic rings. The van der Waals surface area contributed by atoms with E-state index in [9.17, 15) is 10.1 Å². The standard InChI is InChI=1S/C13H19N3O3/c1-2-19-13-8-9(6-7-12(13)16(17)18)15-11-5-3-4-10(11)14/h6-8,10-11,15H,2-5,14H2,1H3. The van der Waals surface area contributed by atoms with Crippen molar-refractivity contribution >= 4 is 11.4 Å². The highest BCUT2D eigenvalue weighted by atomic mass is 16.6. The van der Waals surface area contributed by atoms with Gasteiger partial charge in [0.15, 0.2) is 5.75 Å². The highest BCUT2D eigenvalue weighted by Crippen LogP contribution is 2.31. The van der Waals surface area contributed by atoms with E-state index in [4.69, 9.17) is 10.5 Å². The van der Waals surface area contributed by atoms with E-state index in [0.29, 0.717) is 12.4 Å². The first-order valence-corrected chi connectivity index (χ1v) is 6.55. The van der Waals surface area contributed by atoms with Crippen molar-refractivity contribution in [3.8, 4) is 5.75 Å². The number of nitrogens with two attached hydrogens (primary N) is 1. The third kappa shape index (κ3) is 3.14. The number of nitrogens with zero attached hydrogens (tertiary/aromatic N) is 1. The van der Waals surface area contributed by atoms with Crippen molar-refractivity contribution in [2.75, 3.05) is 11.9 Å². The van der Waals surface area contributed by atoms with Gasteiger partial charge >= 0.3 is 5.69 Å². The quantitative estimate of drug-likeness (QED) is 0.629. The zero-order chi connectivity index (χ0) is 13.8. The van der Waals surface area contributed by atoms with Gasteiger partial charge in [-0.1, -0.05) is 0 Å². The SMILES string of the molecule is CCOc1cc(NC2CCCC2N)ccc1[N+](=O)[O-]. The van der Waals surface area contributed by atoms with Crippen LogP contribution in [0.1, 0.15) is 26.2 Å². The molecule has 19 heavy (non-hydrogen) atoms. The molecule has 2 atom stereocenters. The molecule has 2 unspecified atom stereocenters. The number of anilines is 1. The van der Waals surface area contributed by atoms with E-state index in [-0.39, 0.29) is 17.8 Å². The van der Waals surface area contributed by atoms with Crippen molar-refractivity contribution < 1.29 is 9.66 Å². The fraction of sp³-hybridized carbons (Fsp3) is 0.538. The largest absolute Gasteiger partial charge is 0.487 e. The van der Waals surface area contributed by atoms with Crippen LogP contribution in [0.25, 0.3) is 0 Å². The molecule has 0 spiro atoms. The van der Waals surface area contributed by atoms with E-state index in [2.05, 4.69) is 5.32 Å². The normalized spacial score (nSPS) is 22.2. The Bertz CT molecular complexity index is 464. The molecule has 0 bridgehead atoms. The number of nitro benzene ring substituents is 1. The molecule has 6 nitrogen and oxygen atoms in total. The van der Waals surface area contributed by atoms with Gasteiger partial charge in [0.2, 0.25) is 0 Å². The zero-order valence-electron chi connectivity index (χ0n) is 11.0. The van der Waals surface area contributed by atoms with E-state index in [1.54, 1.807) is 19.1 Å². The lowest BCUT2D eigenvalue weighted by Crippen LogP contribution is -2.35. The fourth-order valence-electron chi connectivity index (χ4n) is 2.41. The maximum atomic E-state index is 10.9. The summed E-state index contributed by atoms with van der Waals surface area (Å²) >= 11 is 0. The minimum Gasteiger partial charge on any atom is -0.487 e. The molecule has 2 rings (SSSR count). The van der Waals surface area contributed by atoms with Crippen molar-refractivity contribution in [1.82, 2.24) is 0 Å². The van der Waals surface area contributed by atoms with E-state index in [1.807, 2.05) is 0 Å². The van der Waals surface area contributed by atoms with Crippen LogP contribution in [0.3, 0.4) is 0 Å². The summed E-state index contributed by atoms with van der Waals surface area (Å²) in [6, 6.07) is 5.22. The van der Waals surface area contributed by atoms with E-state index >= 15 is 0 Å². The van der Waals surface area contributed by atoms with Crippen LogP contribution in [0.15, 0.2) is 18.2 Å². The van der Waals surface area contributed by atoms with E-state index in [0.717, 1.165) is 24.9 Å².